The van der Waals surface area contributed by atoms with Gasteiger partial charge in [-0.1, -0.05) is 17.7 Å². The fraction of sp³-hybridized carbons (Fsp3) is 0.316. The number of carbonyl (C=O) groups excluding carboxylic acids is 2. The largest absolute Gasteiger partial charge is 0.345 e. The number of aromatic nitrogens is 1. The van der Waals surface area contributed by atoms with Crippen molar-refractivity contribution >= 4 is 11.7 Å². The lowest BCUT2D eigenvalue weighted by Gasteiger charge is -2.22. The summed E-state index contributed by atoms with van der Waals surface area (Å²) in [5.74, 6) is -0.396. The summed E-state index contributed by atoms with van der Waals surface area (Å²) in [4.78, 5) is 39.1. The molecule has 0 spiro atoms. The van der Waals surface area contributed by atoms with E-state index in [-0.39, 0.29) is 22.8 Å². The standard InChI is InChI=1S/C19H20N2O3/c1-12-7-9-13(10-8-12)21-16-5-4-6-17(22)14(16)11-15(19(21)24)18(23)20(2)3/h7-11H,4-6H2,1-3H3. The molecule has 0 unspecified atom stereocenters. The van der Waals surface area contributed by atoms with Gasteiger partial charge >= 0.3 is 0 Å². The van der Waals surface area contributed by atoms with E-state index < -0.39 is 0 Å². The van der Waals surface area contributed by atoms with E-state index >= 15 is 0 Å². The van der Waals surface area contributed by atoms with Crippen LogP contribution >= 0.6 is 0 Å². The minimum absolute atomic E-state index is 0.00934. The molecule has 0 saturated carbocycles. The molecule has 1 aliphatic rings. The highest BCUT2D eigenvalue weighted by Gasteiger charge is 2.26. The third kappa shape index (κ3) is 2.66. The molecule has 0 fully saturated rings. The van der Waals surface area contributed by atoms with Gasteiger partial charge in [-0.25, -0.2) is 0 Å². The van der Waals surface area contributed by atoms with Crippen molar-refractivity contribution < 1.29 is 9.59 Å². The van der Waals surface area contributed by atoms with Crippen LogP contribution in [0.3, 0.4) is 0 Å². The molecule has 124 valence electrons. The number of Topliss-reactive ketones (excluding diaryl/α,β-unsaturated/α-hetero) is 1. The van der Waals surface area contributed by atoms with Crippen molar-refractivity contribution in [2.45, 2.75) is 26.2 Å². The van der Waals surface area contributed by atoms with Crippen molar-refractivity contribution in [3.05, 3.63) is 63.1 Å². The second kappa shape index (κ2) is 6.07. The lowest BCUT2D eigenvalue weighted by molar-refractivity contribution is 0.0825. The zero-order valence-electron chi connectivity index (χ0n) is 14.1. The second-order valence-corrected chi connectivity index (χ2v) is 6.37. The Bertz CT molecular complexity index is 877. The van der Waals surface area contributed by atoms with Crippen LogP contribution in [-0.4, -0.2) is 35.3 Å². The molecular weight excluding hydrogens is 304 g/mol. The molecule has 0 radical (unpaired) electrons. The minimum atomic E-state index is -0.387. The molecule has 0 saturated heterocycles. The Morgan fingerprint density at radius 3 is 2.38 bits per heavy atom. The quantitative estimate of drug-likeness (QED) is 0.852. The fourth-order valence-corrected chi connectivity index (χ4v) is 3.05. The maximum absolute atomic E-state index is 13.0. The van der Waals surface area contributed by atoms with Crippen LogP contribution in [0.25, 0.3) is 5.69 Å². The highest BCUT2D eigenvalue weighted by molar-refractivity contribution is 6.01. The van der Waals surface area contributed by atoms with E-state index in [0.29, 0.717) is 29.8 Å². The predicted octanol–water partition coefficient (Wildman–Crippen LogP) is 2.37. The molecule has 0 bridgehead atoms. The fourth-order valence-electron chi connectivity index (χ4n) is 3.05. The Morgan fingerprint density at radius 1 is 1.08 bits per heavy atom. The molecule has 1 heterocycles. The van der Waals surface area contributed by atoms with Gasteiger partial charge in [0.05, 0.1) is 0 Å². The van der Waals surface area contributed by atoms with Gasteiger partial charge in [0.1, 0.15) is 5.56 Å². The molecule has 2 aromatic rings. The van der Waals surface area contributed by atoms with E-state index in [1.165, 1.54) is 15.5 Å². The van der Waals surface area contributed by atoms with Gasteiger partial charge in [-0.05, 0) is 38.0 Å². The van der Waals surface area contributed by atoms with Crippen LogP contribution in [0.5, 0.6) is 0 Å². The van der Waals surface area contributed by atoms with Gasteiger partial charge < -0.3 is 4.90 Å². The topological polar surface area (TPSA) is 59.4 Å². The Balaban J connectivity index is 2.33. The van der Waals surface area contributed by atoms with Gasteiger partial charge in [-0.3, -0.25) is 19.0 Å². The van der Waals surface area contributed by atoms with Crippen LogP contribution in [0.1, 0.15) is 44.8 Å². The predicted molar refractivity (Wildman–Crippen MR) is 92.1 cm³/mol. The second-order valence-electron chi connectivity index (χ2n) is 6.37. The van der Waals surface area contributed by atoms with Gasteiger partial charge in [0.2, 0.25) is 0 Å². The van der Waals surface area contributed by atoms with Gasteiger partial charge in [0.25, 0.3) is 11.5 Å². The third-order valence-corrected chi connectivity index (χ3v) is 4.35. The highest BCUT2D eigenvalue weighted by Crippen LogP contribution is 2.24. The first kappa shape index (κ1) is 16.2. The van der Waals surface area contributed by atoms with E-state index in [1.807, 2.05) is 31.2 Å². The highest BCUT2D eigenvalue weighted by atomic mass is 16.2. The molecule has 5 nitrogen and oxygen atoms in total. The van der Waals surface area contributed by atoms with Crippen molar-refractivity contribution in [1.29, 1.82) is 0 Å². The van der Waals surface area contributed by atoms with E-state index in [9.17, 15) is 14.4 Å². The van der Waals surface area contributed by atoms with Crippen LogP contribution in [0.2, 0.25) is 0 Å². The van der Waals surface area contributed by atoms with Crippen LogP contribution in [0.15, 0.2) is 35.1 Å². The molecule has 1 aromatic carbocycles. The number of fused-ring (bicyclic) bond motifs is 1. The summed E-state index contributed by atoms with van der Waals surface area (Å²) in [6, 6.07) is 9.00. The van der Waals surface area contributed by atoms with Gasteiger partial charge in [-0.2, -0.15) is 0 Å². The van der Waals surface area contributed by atoms with Gasteiger partial charge in [0, 0.05) is 37.5 Å². The first-order valence-corrected chi connectivity index (χ1v) is 8.01. The smallest absolute Gasteiger partial charge is 0.268 e. The first-order chi connectivity index (χ1) is 11.4. The number of rotatable bonds is 2. The molecule has 1 aromatic heterocycles. The molecule has 0 atom stereocenters. The summed E-state index contributed by atoms with van der Waals surface area (Å²) in [6.07, 6.45) is 1.83. The van der Waals surface area contributed by atoms with Crippen molar-refractivity contribution in [1.82, 2.24) is 9.47 Å². The summed E-state index contributed by atoms with van der Waals surface area (Å²) in [5, 5.41) is 0. The Labute approximate surface area is 140 Å². The van der Waals surface area contributed by atoms with Crippen molar-refractivity contribution in [3.63, 3.8) is 0 Å². The van der Waals surface area contributed by atoms with E-state index in [1.54, 1.807) is 14.1 Å². The number of hydrogen-bond donors (Lipinski definition) is 0. The van der Waals surface area contributed by atoms with Crippen LogP contribution in [0, 0.1) is 6.92 Å². The molecule has 24 heavy (non-hydrogen) atoms. The lowest BCUT2D eigenvalue weighted by Crippen LogP contribution is -2.35. The van der Waals surface area contributed by atoms with Crippen molar-refractivity contribution in [2.75, 3.05) is 14.1 Å². The minimum Gasteiger partial charge on any atom is -0.345 e. The van der Waals surface area contributed by atoms with E-state index in [0.717, 1.165) is 12.0 Å². The summed E-state index contributed by atoms with van der Waals surface area (Å²) < 4.78 is 1.53. The third-order valence-electron chi connectivity index (χ3n) is 4.35. The summed E-state index contributed by atoms with van der Waals surface area (Å²) in [7, 11) is 3.19. The summed E-state index contributed by atoms with van der Waals surface area (Å²) in [5.41, 5.74) is 2.63. The zero-order valence-corrected chi connectivity index (χ0v) is 14.1. The zero-order chi connectivity index (χ0) is 17.4. The normalized spacial score (nSPS) is 13.5. The number of amides is 1. The molecule has 1 amide bonds. The summed E-state index contributed by atoms with van der Waals surface area (Å²) >= 11 is 0. The average Bonchev–Trinajstić information content (AvgIpc) is 2.55. The average molecular weight is 324 g/mol. The Morgan fingerprint density at radius 2 is 1.75 bits per heavy atom. The molecule has 1 aliphatic carbocycles. The number of aryl methyl sites for hydroxylation is 1. The van der Waals surface area contributed by atoms with Gasteiger partial charge in [0.15, 0.2) is 5.78 Å². The number of hydrogen-bond acceptors (Lipinski definition) is 3. The maximum atomic E-state index is 13.0. The maximum Gasteiger partial charge on any atom is 0.268 e. The molecule has 0 N–H and O–H groups in total. The number of ketones is 1. The number of pyridine rings is 1. The number of benzene rings is 1. The SMILES string of the molecule is Cc1ccc(-n2c3c(cc(C(=O)N(C)C)c2=O)C(=O)CCC3)cc1. The number of carbonyl (C=O) groups is 2. The van der Waals surface area contributed by atoms with Crippen LogP contribution in [-0.2, 0) is 6.42 Å². The van der Waals surface area contributed by atoms with Gasteiger partial charge in [-0.15, -0.1) is 0 Å². The van der Waals surface area contributed by atoms with Crippen molar-refractivity contribution in [3.8, 4) is 5.69 Å². The monoisotopic (exact) mass is 324 g/mol. The Kier molecular flexibility index (Phi) is 4.09. The molecule has 0 aliphatic heterocycles. The first-order valence-electron chi connectivity index (χ1n) is 8.01. The molecule has 3 rings (SSSR count). The van der Waals surface area contributed by atoms with Crippen LogP contribution in [0.4, 0.5) is 0 Å². The van der Waals surface area contributed by atoms with E-state index in [4.69, 9.17) is 0 Å². The van der Waals surface area contributed by atoms with Crippen LogP contribution < -0.4 is 5.56 Å². The lowest BCUT2D eigenvalue weighted by atomic mass is 9.92. The Hall–Kier alpha value is -2.69. The molecular formula is C19H20N2O3. The number of nitrogens with zero attached hydrogens (tertiary/aromatic N) is 2. The molecule has 5 heteroatoms. The summed E-state index contributed by atoms with van der Waals surface area (Å²) in [6.45, 7) is 1.97. The van der Waals surface area contributed by atoms with Crippen molar-refractivity contribution in [2.24, 2.45) is 0 Å². The van der Waals surface area contributed by atoms with E-state index in [2.05, 4.69) is 0 Å².